The Bertz CT molecular complexity index is 507. The molecule has 2 rings (SSSR count). The molecule has 108 valence electrons. The highest BCUT2D eigenvalue weighted by Crippen LogP contribution is 2.22. The van der Waals surface area contributed by atoms with Crippen molar-refractivity contribution in [1.29, 1.82) is 0 Å². The van der Waals surface area contributed by atoms with Gasteiger partial charge in [0.25, 0.3) is 0 Å². The quantitative estimate of drug-likeness (QED) is 0.782. The predicted molar refractivity (Wildman–Crippen MR) is 85.2 cm³/mol. The largest absolute Gasteiger partial charge is 0.314 e. The molecular weight excluding hydrogens is 293 g/mol. The predicted octanol–water partition coefficient (Wildman–Crippen LogP) is 4.69. The first kappa shape index (κ1) is 15.5. The van der Waals surface area contributed by atoms with E-state index >= 15 is 0 Å². The summed E-state index contributed by atoms with van der Waals surface area (Å²) in [5.41, 5.74) is 1.96. The van der Waals surface area contributed by atoms with Gasteiger partial charge in [-0.2, -0.15) is 11.3 Å². The van der Waals surface area contributed by atoms with E-state index in [-0.39, 0.29) is 11.9 Å². The maximum absolute atomic E-state index is 13.9. The van der Waals surface area contributed by atoms with Crippen LogP contribution in [0.4, 0.5) is 4.39 Å². The average Bonchev–Trinajstić information content (AvgIpc) is 2.93. The van der Waals surface area contributed by atoms with Crippen molar-refractivity contribution in [2.75, 3.05) is 6.54 Å². The van der Waals surface area contributed by atoms with E-state index in [1.165, 1.54) is 11.6 Å². The van der Waals surface area contributed by atoms with Gasteiger partial charge >= 0.3 is 0 Å². The summed E-state index contributed by atoms with van der Waals surface area (Å²) in [6, 6.07) is 7.26. The molecule has 4 heteroatoms. The van der Waals surface area contributed by atoms with Crippen molar-refractivity contribution >= 4 is 22.9 Å². The monoisotopic (exact) mass is 311 g/mol. The molecule has 1 N–H and O–H groups in total. The second-order valence-electron chi connectivity index (χ2n) is 4.83. The molecule has 1 heterocycles. The van der Waals surface area contributed by atoms with Gasteiger partial charge in [0.15, 0.2) is 0 Å². The molecule has 0 bridgehead atoms. The molecule has 0 amide bonds. The van der Waals surface area contributed by atoms with E-state index in [0.29, 0.717) is 17.0 Å². The molecule has 0 radical (unpaired) electrons. The van der Waals surface area contributed by atoms with Crippen molar-refractivity contribution in [3.8, 4) is 0 Å². The highest BCUT2D eigenvalue weighted by Gasteiger charge is 2.14. The molecule has 0 saturated heterocycles. The summed E-state index contributed by atoms with van der Waals surface area (Å²) in [7, 11) is 0. The van der Waals surface area contributed by atoms with Gasteiger partial charge in [0.2, 0.25) is 0 Å². The molecule has 0 aliphatic heterocycles. The molecule has 20 heavy (non-hydrogen) atoms. The van der Waals surface area contributed by atoms with Crippen molar-refractivity contribution in [2.24, 2.45) is 0 Å². The molecule has 0 aliphatic rings. The van der Waals surface area contributed by atoms with Crippen LogP contribution in [0.2, 0.25) is 5.02 Å². The minimum Gasteiger partial charge on any atom is -0.314 e. The number of rotatable bonds is 7. The lowest BCUT2D eigenvalue weighted by Gasteiger charge is -2.18. The van der Waals surface area contributed by atoms with Crippen molar-refractivity contribution in [3.05, 3.63) is 57.0 Å². The smallest absolute Gasteiger partial charge is 0.127 e. The fourth-order valence-electron chi connectivity index (χ4n) is 2.31. The Labute approximate surface area is 128 Å². The van der Waals surface area contributed by atoms with Gasteiger partial charge in [-0.3, -0.25) is 0 Å². The lowest BCUT2D eigenvalue weighted by atomic mass is 9.99. The zero-order valence-corrected chi connectivity index (χ0v) is 13.1. The lowest BCUT2D eigenvalue weighted by Crippen LogP contribution is -2.31. The summed E-state index contributed by atoms with van der Waals surface area (Å²) >= 11 is 7.82. The highest BCUT2D eigenvalue weighted by atomic mass is 35.5. The Morgan fingerprint density at radius 1 is 1.35 bits per heavy atom. The van der Waals surface area contributed by atoms with Gasteiger partial charge in [-0.25, -0.2) is 4.39 Å². The first-order valence-electron chi connectivity index (χ1n) is 6.88. The molecule has 0 spiro atoms. The van der Waals surface area contributed by atoms with E-state index in [1.807, 2.05) is 0 Å². The number of aryl methyl sites for hydroxylation is 1. The number of hydrogen-bond donors (Lipinski definition) is 1. The Hall–Kier alpha value is -0.900. The van der Waals surface area contributed by atoms with Gasteiger partial charge in [-0.05, 0) is 60.3 Å². The van der Waals surface area contributed by atoms with Crippen molar-refractivity contribution < 1.29 is 4.39 Å². The van der Waals surface area contributed by atoms with Crippen LogP contribution >= 0.6 is 22.9 Å². The van der Waals surface area contributed by atoms with E-state index in [2.05, 4.69) is 29.1 Å². The minimum atomic E-state index is -0.212. The summed E-state index contributed by atoms with van der Waals surface area (Å²) in [4.78, 5) is 0. The molecule has 0 saturated carbocycles. The van der Waals surface area contributed by atoms with Crippen LogP contribution in [0.25, 0.3) is 0 Å². The van der Waals surface area contributed by atoms with E-state index in [4.69, 9.17) is 11.6 Å². The third-order valence-corrected chi connectivity index (χ3v) is 4.45. The van der Waals surface area contributed by atoms with Crippen LogP contribution in [-0.2, 0) is 12.8 Å². The summed E-state index contributed by atoms with van der Waals surface area (Å²) in [6.45, 7) is 2.95. The fourth-order valence-corrected chi connectivity index (χ4v) is 3.26. The normalized spacial score (nSPS) is 12.6. The molecule has 1 atom stereocenters. The van der Waals surface area contributed by atoms with Crippen LogP contribution in [0.15, 0.2) is 35.0 Å². The number of nitrogens with one attached hydrogen (secondary N) is 1. The van der Waals surface area contributed by atoms with E-state index in [1.54, 1.807) is 23.5 Å². The SMILES string of the molecule is CCNC(CCc1ccsc1)Cc1c(F)cccc1Cl. The average molecular weight is 312 g/mol. The van der Waals surface area contributed by atoms with E-state index in [0.717, 1.165) is 19.4 Å². The summed E-state index contributed by atoms with van der Waals surface area (Å²) < 4.78 is 13.9. The topological polar surface area (TPSA) is 12.0 Å². The highest BCUT2D eigenvalue weighted by molar-refractivity contribution is 7.07. The molecule has 1 nitrogen and oxygen atoms in total. The summed E-state index contributed by atoms with van der Waals surface area (Å²) in [6.07, 6.45) is 2.62. The number of benzene rings is 1. The van der Waals surface area contributed by atoms with Crippen molar-refractivity contribution in [3.63, 3.8) is 0 Å². The number of halogens is 2. The maximum Gasteiger partial charge on any atom is 0.127 e. The zero-order chi connectivity index (χ0) is 14.4. The fraction of sp³-hybridized carbons (Fsp3) is 0.375. The van der Waals surface area contributed by atoms with Crippen molar-refractivity contribution in [2.45, 2.75) is 32.2 Å². The van der Waals surface area contributed by atoms with Crippen LogP contribution in [0.5, 0.6) is 0 Å². The third kappa shape index (κ3) is 4.30. The molecular formula is C16H19ClFNS. The maximum atomic E-state index is 13.9. The Morgan fingerprint density at radius 3 is 2.85 bits per heavy atom. The molecule has 2 aromatic rings. The Kier molecular flexibility index (Phi) is 6.02. The Balaban J connectivity index is 2.01. The van der Waals surface area contributed by atoms with E-state index < -0.39 is 0 Å². The van der Waals surface area contributed by atoms with E-state index in [9.17, 15) is 4.39 Å². The van der Waals surface area contributed by atoms with Crippen molar-refractivity contribution in [1.82, 2.24) is 5.32 Å². The standard InChI is InChI=1S/C16H19ClFNS/c1-2-19-13(7-6-12-8-9-20-11-12)10-14-15(17)4-3-5-16(14)18/h3-5,8-9,11,13,19H,2,6-7,10H2,1H3. The molecule has 1 aromatic carbocycles. The lowest BCUT2D eigenvalue weighted by molar-refractivity contribution is 0.480. The van der Waals surface area contributed by atoms with Crippen LogP contribution in [0.3, 0.4) is 0 Å². The minimum absolute atomic E-state index is 0.212. The first-order valence-corrected chi connectivity index (χ1v) is 8.20. The Morgan fingerprint density at radius 2 is 2.20 bits per heavy atom. The van der Waals surface area contributed by atoms with Gasteiger partial charge in [-0.15, -0.1) is 0 Å². The molecule has 0 aliphatic carbocycles. The van der Waals surface area contributed by atoms with Gasteiger partial charge in [-0.1, -0.05) is 24.6 Å². The third-order valence-electron chi connectivity index (χ3n) is 3.37. The van der Waals surface area contributed by atoms with Gasteiger partial charge in [0, 0.05) is 16.6 Å². The van der Waals surface area contributed by atoms with Gasteiger partial charge in [0.05, 0.1) is 0 Å². The molecule has 1 aromatic heterocycles. The number of thiophene rings is 1. The first-order chi connectivity index (χ1) is 9.70. The second kappa shape index (κ2) is 7.77. The summed E-state index contributed by atoms with van der Waals surface area (Å²) in [5.74, 6) is -0.212. The van der Waals surface area contributed by atoms with Crippen LogP contribution < -0.4 is 5.32 Å². The van der Waals surface area contributed by atoms with Gasteiger partial charge < -0.3 is 5.32 Å². The molecule has 0 fully saturated rings. The second-order valence-corrected chi connectivity index (χ2v) is 6.02. The summed E-state index contributed by atoms with van der Waals surface area (Å²) in [5, 5.41) is 8.20. The van der Waals surface area contributed by atoms with Gasteiger partial charge in [0.1, 0.15) is 5.82 Å². The number of hydrogen-bond acceptors (Lipinski definition) is 2. The molecule has 1 unspecified atom stereocenters. The van der Waals surface area contributed by atoms with Crippen LogP contribution in [0, 0.1) is 5.82 Å². The van der Waals surface area contributed by atoms with Crippen LogP contribution in [-0.4, -0.2) is 12.6 Å². The van der Waals surface area contributed by atoms with Crippen LogP contribution in [0.1, 0.15) is 24.5 Å². The zero-order valence-electron chi connectivity index (χ0n) is 11.5. The number of likely N-dealkylation sites (N-methyl/N-ethyl adjacent to an activating group) is 1.